The molecule has 50 heavy (non-hydrogen) atoms. The quantitative estimate of drug-likeness (QED) is 0.114. The van der Waals surface area contributed by atoms with Crippen LogP contribution in [0, 0.1) is 5.41 Å². The standard InChI is InChI=1S/C34H51N5O4.C2HF3O2/c1-3-4-16-36-34(35)37-33(40)13-9-27-8-12-31(32(25-27)43-22-5-21-41-2)29-10-6-28(7-11-29)26-38-17-14-30(15-18-38)39-19-23-42-24-20-39;3-2(4,5)1(6)7/h6-8,10-12,25,30H,3-5,9,13-24,26H2,1-2H3,(H3,35,36,37,40);(H,6,7). The summed E-state index contributed by atoms with van der Waals surface area (Å²) in [6.07, 6.45) is 1.07. The number of amides is 1. The Morgan fingerprint density at radius 1 is 1.00 bits per heavy atom. The Kier molecular flexibility index (Phi) is 17.5. The number of carboxylic acids is 1. The van der Waals surface area contributed by atoms with E-state index in [2.05, 4.69) is 63.8 Å². The third kappa shape index (κ3) is 14.6. The number of guanidine groups is 1. The zero-order valence-electron chi connectivity index (χ0n) is 29.2. The molecule has 0 radical (unpaired) electrons. The van der Waals surface area contributed by atoms with E-state index in [0.29, 0.717) is 38.6 Å². The van der Waals surface area contributed by atoms with Gasteiger partial charge in [0.25, 0.3) is 0 Å². The van der Waals surface area contributed by atoms with E-state index in [-0.39, 0.29) is 11.9 Å². The van der Waals surface area contributed by atoms with Crippen LogP contribution < -0.4 is 15.4 Å². The van der Waals surface area contributed by atoms with Gasteiger partial charge in [-0.15, -0.1) is 0 Å². The van der Waals surface area contributed by atoms with E-state index in [0.717, 1.165) is 87.6 Å². The number of unbranched alkanes of at least 4 members (excludes halogenated alkanes) is 1. The average molecular weight is 708 g/mol. The fraction of sp³-hybridized carbons (Fsp3) is 0.583. The lowest BCUT2D eigenvalue weighted by Gasteiger charge is -2.40. The van der Waals surface area contributed by atoms with Crippen molar-refractivity contribution in [2.75, 3.05) is 66.3 Å². The first-order chi connectivity index (χ1) is 24.0. The molecule has 4 N–H and O–H groups in total. The van der Waals surface area contributed by atoms with Gasteiger partial charge in [0.1, 0.15) is 5.75 Å². The number of hydrogen-bond donors (Lipinski definition) is 4. The van der Waals surface area contributed by atoms with Crippen molar-refractivity contribution in [3.8, 4) is 16.9 Å². The third-order valence-corrected chi connectivity index (χ3v) is 8.57. The van der Waals surface area contributed by atoms with Crippen LogP contribution in [0.2, 0.25) is 0 Å². The van der Waals surface area contributed by atoms with Crippen molar-refractivity contribution in [3.63, 3.8) is 0 Å². The minimum absolute atomic E-state index is 0.0666. The SMILES string of the molecule is CCCCNC(=N)NC(=O)CCc1ccc(-c2ccc(CN3CCC(N4CCOCC4)CC3)cc2)c(OCCCOC)c1.O=C(O)C(F)(F)F. The largest absolute Gasteiger partial charge is 0.493 e. The molecule has 1 amide bonds. The first-order valence-electron chi connectivity index (χ1n) is 17.3. The molecule has 0 aliphatic carbocycles. The summed E-state index contributed by atoms with van der Waals surface area (Å²) in [6, 6.07) is 15.8. The van der Waals surface area contributed by atoms with Crippen LogP contribution >= 0.6 is 0 Å². The molecule has 2 aromatic rings. The molecule has 0 bridgehead atoms. The fourth-order valence-electron chi connectivity index (χ4n) is 5.79. The monoisotopic (exact) mass is 707 g/mol. The summed E-state index contributed by atoms with van der Waals surface area (Å²) in [5.41, 5.74) is 4.52. The molecule has 0 spiro atoms. The summed E-state index contributed by atoms with van der Waals surface area (Å²) in [5.74, 6) is -2.04. The zero-order valence-corrected chi connectivity index (χ0v) is 29.2. The topological polar surface area (TPSA) is 136 Å². The van der Waals surface area contributed by atoms with Gasteiger partial charge in [-0.25, -0.2) is 4.79 Å². The molecule has 2 aromatic carbocycles. The molecular formula is C36H52F3N5O6. The van der Waals surface area contributed by atoms with Crippen LogP contribution in [0.15, 0.2) is 42.5 Å². The average Bonchev–Trinajstić information content (AvgIpc) is 3.10. The summed E-state index contributed by atoms with van der Waals surface area (Å²) < 4.78 is 48.7. The van der Waals surface area contributed by atoms with E-state index in [9.17, 15) is 18.0 Å². The molecular weight excluding hydrogens is 655 g/mol. The fourth-order valence-corrected chi connectivity index (χ4v) is 5.79. The van der Waals surface area contributed by atoms with Crippen molar-refractivity contribution < 1.29 is 42.1 Å². The summed E-state index contributed by atoms with van der Waals surface area (Å²) in [6.45, 7) is 11.1. The summed E-state index contributed by atoms with van der Waals surface area (Å²) in [7, 11) is 1.70. The van der Waals surface area contributed by atoms with Crippen molar-refractivity contribution in [1.29, 1.82) is 5.41 Å². The number of hydrogen-bond acceptors (Lipinski definition) is 8. The highest BCUT2D eigenvalue weighted by Gasteiger charge is 2.38. The van der Waals surface area contributed by atoms with Gasteiger partial charge in [0.05, 0.1) is 19.8 Å². The summed E-state index contributed by atoms with van der Waals surface area (Å²) in [4.78, 5) is 26.5. The number of carbonyl (C=O) groups is 2. The molecule has 0 aromatic heterocycles. The molecule has 4 rings (SSSR count). The van der Waals surface area contributed by atoms with E-state index >= 15 is 0 Å². The molecule has 14 heteroatoms. The first kappa shape index (κ1) is 40.7. The third-order valence-electron chi connectivity index (χ3n) is 8.57. The highest BCUT2D eigenvalue weighted by molar-refractivity contribution is 5.95. The van der Waals surface area contributed by atoms with Gasteiger partial charge in [-0.1, -0.05) is 49.7 Å². The predicted octanol–water partition coefficient (Wildman–Crippen LogP) is 5.07. The molecule has 2 aliphatic rings. The Morgan fingerprint density at radius 3 is 2.28 bits per heavy atom. The second-order valence-electron chi connectivity index (χ2n) is 12.4. The number of methoxy groups -OCH3 is 1. The maximum absolute atomic E-state index is 12.4. The number of ether oxygens (including phenoxy) is 3. The molecule has 278 valence electrons. The second-order valence-corrected chi connectivity index (χ2v) is 12.4. The lowest BCUT2D eigenvalue weighted by atomic mass is 9.99. The first-order valence-corrected chi connectivity index (χ1v) is 17.3. The van der Waals surface area contributed by atoms with Crippen molar-refractivity contribution in [1.82, 2.24) is 20.4 Å². The number of piperidine rings is 1. The van der Waals surface area contributed by atoms with Crippen LogP contribution in [0.3, 0.4) is 0 Å². The van der Waals surface area contributed by atoms with Gasteiger partial charge < -0.3 is 24.6 Å². The van der Waals surface area contributed by atoms with Crippen molar-refractivity contribution in [2.24, 2.45) is 0 Å². The minimum atomic E-state index is -5.08. The normalized spacial score (nSPS) is 15.9. The van der Waals surface area contributed by atoms with Crippen molar-refractivity contribution in [3.05, 3.63) is 53.6 Å². The Morgan fingerprint density at radius 2 is 1.66 bits per heavy atom. The molecule has 0 saturated carbocycles. The van der Waals surface area contributed by atoms with Gasteiger partial charge in [0.2, 0.25) is 5.91 Å². The Balaban J connectivity index is 0.000000872. The van der Waals surface area contributed by atoms with Gasteiger partial charge >= 0.3 is 12.1 Å². The van der Waals surface area contributed by atoms with Gasteiger partial charge in [-0.2, -0.15) is 13.2 Å². The number of carbonyl (C=O) groups excluding carboxylic acids is 1. The molecule has 2 fully saturated rings. The number of likely N-dealkylation sites (tertiary alicyclic amines) is 1. The maximum atomic E-state index is 12.4. The van der Waals surface area contributed by atoms with Crippen LogP contribution in [0.25, 0.3) is 11.1 Å². The number of alkyl halides is 3. The number of carboxylic acid groups (broad SMARTS) is 1. The van der Waals surface area contributed by atoms with Crippen LogP contribution in [0.5, 0.6) is 5.75 Å². The minimum Gasteiger partial charge on any atom is -0.493 e. The van der Waals surface area contributed by atoms with Crippen molar-refractivity contribution >= 4 is 17.8 Å². The number of benzene rings is 2. The molecule has 2 aliphatic heterocycles. The number of halogens is 3. The van der Waals surface area contributed by atoms with Gasteiger partial charge in [-0.3, -0.25) is 25.3 Å². The van der Waals surface area contributed by atoms with Crippen LogP contribution in [0.1, 0.15) is 56.6 Å². The number of morpholine rings is 1. The van der Waals surface area contributed by atoms with Crippen LogP contribution in [-0.2, 0) is 32.0 Å². The summed E-state index contributed by atoms with van der Waals surface area (Å²) >= 11 is 0. The highest BCUT2D eigenvalue weighted by atomic mass is 19.4. The number of aliphatic carboxylic acids is 1. The Hall–Kier alpha value is -3.72. The maximum Gasteiger partial charge on any atom is 0.490 e. The second kappa shape index (κ2) is 21.5. The van der Waals surface area contributed by atoms with Crippen molar-refractivity contribution in [2.45, 2.75) is 70.6 Å². The number of rotatable bonds is 15. The molecule has 2 saturated heterocycles. The highest BCUT2D eigenvalue weighted by Crippen LogP contribution is 2.32. The van der Waals surface area contributed by atoms with Gasteiger partial charge in [0, 0.05) is 64.3 Å². The van der Waals surface area contributed by atoms with E-state index in [4.69, 9.17) is 29.5 Å². The van der Waals surface area contributed by atoms with Gasteiger partial charge in [0.15, 0.2) is 5.96 Å². The number of nitrogens with zero attached hydrogens (tertiary/aromatic N) is 2. The molecule has 0 unspecified atom stereocenters. The van der Waals surface area contributed by atoms with Crippen LogP contribution in [-0.4, -0.2) is 111 Å². The molecule has 0 atom stereocenters. The predicted molar refractivity (Wildman–Crippen MR) is 185 cm³/mol. The Bertz CT molecular complexity index is 1330. The number of aryl methyl sites for hydroxylation is 1. The molecule has 11 nitrogen and oxygen atoms in total. The zero-order chi connectivity index (χ0) is 36.4. The van der Waals surface area contributed by atoms with E-state index in [1.54, 1.807) is 7.11 Å². The lowest BCUT2D eigenvalue weighted by Crippen LogP contribution is -2.48. The molecule has 2 heterocycles. The lowest BCUT2D eigenvalue weighted by molar-refractivity contribution is -0.192. The van der Waals surface area contributed by atoms with E-state index < -0.39 is 12.1 Å². The smallest absolute Gasteiger partial charge is 0.490 e. The van der Waals surface area contributed by atoms with Gasteiger partial charge in [-0.05, 0) is 61.5 Å². The number of nitrogens with one attached hydrogen (secondary N) is 3. The summed E-state index contributed by atoms with van der Waals surface area (Å²) in [5, 5.41) is 20.6. The Labute approximate surface area is 293 Å². The van der Waals surface area contributed by atoms with E-state index in [1.165, 1.54) is 18.4 Å². The van der Waals surface area contributed by atoms with Crippen LogP contribution in [0.4, 0.5) is 13.2 Å². The van der Waals surface area contributed by atoms with E-state index in [1.807, 2.05) is 6.07 Å².